The lowest BCUT2D eigenvalue weighted by Crippen LogP contribution is -2.38. The van der Waals surface area contributed by atoms with Gasteiger partial charge < -0.3 is 5.32 Å². The second kappa shape index (κ2) is 7.79. The summed E-state index contributed by atoms with van der Waals surface area (Å²) in [5.74, 6) is 2.03. The number of sulfone groups is 1. The Kier molecular flexibility index (Phi) is 6.34. The molecule has 118 valence electrons. The van der Waals surface area contributed by atoms with Crippen molar-refractivity contribution in [3.8, 4) is 0 Å². The Labute approximate surface area is 124 Å². The third-order valence-corrected chi connectivity index (χ3v) is 6.88. The van der Waals surface area contributed by atoms with Gasteiger partial charge in [0.2, 0.25) is 0 Å². The Bertz CT molecular complexity index is 372. The summed E-state index contributed by atoms with van der Waals surface area (Å²) in [5, 5.41) is 3.73. The van der Waals surface area contributed by atoms with E-state index in [1.54, 1.807) is 0 Å². The van der Waals surface area contributed by atoms with E-state index in [-0.39, 0.29) is 0 Å². The third kappa shape index (κ3) is 5.03. The van der Waals surface area contributed by atoms with Crippen molar-refractivity contribution in [3.05, 3.63) is 0 Å². The van der Waals surface area contributed by atoms with Crippen LogP contribution in [0.3, 0.4) is 0 Å². The van der Waals surface area contributed by atoms with E-state index in [1.807, 2.05) is 0 Å². The lowest BCUT2D eigenvalue weighted by atomic mass is 9.85. The fourth-order valence-corrected chi connectivity index (χ4v) is 5.78. The molecule has 0 aromatic carbocycles. The van der Waals surface area contributed by atoms with Gasteiger partial charge in [0.05, 0.1) is 11.5 Å². The second-order valence-electron chi connectivity index (χ2n) is 6.82. The molecule has 1 heterocycles. The second-order valence-corrected chi connectivity index (χ2v) is 9.05. The average molecular weight is 301 g/mol. The van der Waals surface area contributed by atoms with E-state index in [9.17, 15) is 8.42 Å². The molecule has 1 saturated carbocycles. The van der Waals surface area contributed by atoms with Crippen molar-refractivity contribution in [1.82, 2.24) is 5.32 Å². The largest absolute Gasteiger partial charge is 0.314 e. The summed E-state index contributed by atoms with van der Waals surface area (Å²) >= 11 is 0. The molecule has 1 N–H and O–H groups in total. The minimum absolute atomic E-state index is 0.401. The summed E-state index contributed by atoms with van der Waals surface area (Å²) in [7, 11) is -2.73. The summed E-state index contributed by atoms with van der Waals surface area (Å²) in [6.45, 7) is 3.28. The fourth-order valence-electron chi connectivity index (χ4n) is 3.90. The zero-order chi connectivity index (χ0) is 14.4. The third-order valence-electron chi connectivity index (χ3n) is 5.04. The van der Waals surface area contributed by atoms with Gasteiger partial charge in [-0.25, -0.2) is 8.42 Å². The quantitative estimate of drug-likeness (QED) is 0.767. The molecule has 0 aromatic heterocycles. The van der Waals surface area contributed by atoms with Gasteiger partial charge in [0, 0.05) is 6.04 Å². The van der Waals surface area contributed by atoms with E-state index in [2.05, 4.69) is 12.2 Å². The van der Waals surface area contributed by atoms with Gasteiger partial charge in [-0.2, -0.15) is 0 Å². The Balaban J connectivity index is 1.92. The number of hydrogen-bond donors (Lipinski definition) is 1. The van der Waals surface area contributed by atoms with Crippen LogP contribution in [0.2, 0.25) is 0 Å². The SMILES string of the molecule is CCCNC(CC1CCS(=O)(=O)C1)C1CCCCCC1. The molecule has 0 spiro atoms. The van der Waals surface area contributed by atoms with Crippen molar-refractivity contribution >= 4 is 9.84 Å². The molecule has 2 unspecified atom stereocenters. The highest BCUT2D eigenvalue weighted by Crippen LogP contribution is 2.31. The summed E-state index contributed by atoms with van der Waals surface area (Å²) in [6.07, 6.45) is 11.3. The van der Waals surface area contributed by atoms with Crippen molar-refractivity contribution in [3.63, 3.8) is 0 Å². The first kappa shape index (κ1) is 16.3. The smallest absolute Gasteiger partial charge is 0.150 e. The van der Waals surface area contributed by atoms with Gasteiger partial charge in [-0.15, -0.1) is 0 Å². The summed E-state index contributed by atoms with van der Waals surface area (Å²) in [4.78, 5) is 0. The number of rotatable bonds is 6. The van der Waals surface area contributed by atoms with Crippen LogP contribution in [0.5, 0.6) is 0 Å². The maximum Gasteiger partial charge on any atom is 0.150 e. The fraction of sp³-hybridized carbons (Fsp3) is 1.00. The van der Waals surface area contributed by atoms with Gasteiger partial charge in [-0.3, -0.25) is 0 Å². The molecular formula is C16H31NO2S. The highest BCUT2D eigenvalue weighted by atomic mass is 32.2. The molecule has 2 aliphatic rings. The molecule has 1 aliphatic heterocycles. The zero-order valence-corrected chi connectivity index (χ0v) is 13.8. The minimum atomic E-state index is -2.73. The van der Waals surface area contributed by atoms with E-state index >= 15 is 0 Å². The predicted molar refractivity (Wildman–Crippen MR) is 84.7 cm³/mol. The van der Waals surface area contributed by atoms with Crippen LogP contribution in [0.15, 0.2) is 0 Å². The molecule has 2 fully saturated rings. The molecule has 20 heavy (non-hydrogen) atoms. The average Bonchev–Trinajstić information content (AvgIpc) is 2.64. The van der Waals surface area contributed by atoms with E-state index in [1.165, 1.54) is 38.5 Å². The molecule has 0 amide bonds. The van der Waals surface area contributed by atoms with Gasteiger partial charge in [0.15, 0.2) is 9.84 Å². The first-order chi connectivity index (χ1) is 9.61. The van der Waals surface area contributed by atoms with Crippen molar-refractivity contribution in [2.45, 2.75) is 70.8 Å². The Morgan fingerprint density at radius 3 is 2.35 bits per heavy atom. The predicted octanol–water partition coefficient (Wildman–Crippen LogP) is 3.15. The summed E-state index contributed by atoms with van der Waals surface area (Å²) in [5.41, 5.74) is 0. The van der Waals surface area contributed by atoms with Crippen molar-refractivity contribution < 1.29 is 8.42 Å². The molecule has 2 rings (SSSR count). The van der Waals surface area contributed by atoms with E-state index < -0.39 is 9.84 Å². The Morgan fingerprint density at radius 1 is 1.10 bits per heavy atom. The van der Waals surface area contributed by atoms with Crippen LogP contribution in [-0.4, -0.2) is 32.5 Å². The van der Waals surface area contributed by atoms with Gasteiger partial charge >= 0.3 is 0 Å². The Morgan fingerprint density at radius 2 is 1.80 bits per heavy atom. The summed E-state index contributed by atoms with van der Waals surface area (Å²) < 4.78 is 23.3. The number of hydrogen-bond acceptors (Lipinski definition) is 3. The highest BCUT2D eigenvalue weighted by molar-refractivity contribution is 7.91. The highest BCUT2D eigenvalue weighted by Gasteiger charge is 2.32. The van der Waals surface area contributed by atoms with E-state index in [0.717, 1.165) is 31.7 Å². The van der Waals surface area contributed by atoms with Crippen molar-refractivity contribution in [2.24, 2.45) is 11.8 Å². The molecule has 3 nitrogen and oxygen atoms in total. The lowest BCUT2D eigenvalue weighted by molar-refractivity contribution is 0.276. The molecule has 1 aliphatic carbocycles. The first-order valence-electron chi connectivity index (χ1n) is 8.54. The van der Waals surface area contributed by atoms with Gasteiger partial charge in [-0.05, 0) is 50.5 Å². The molecule has 4 heteroatoms. The monoisotopic (exact) mass is 301 g/mol. The molecule has 1 saturated heterocycles. The zero-order valence-electron chi connectivity index (χ0n) is 12.9. The topological polar surface area (TPSA) is 46.2 Å². The van der Waals surface area contributed by atoms with Crippen LogP contribution in [-0.2, 0) is 9.84 Å². The summed E-state index contributed by atoms with van der Waals surface area (Å²) in [6, 6.07) is 0.548. The van der Waals surface area contributed by atoms with Crippen molar-refractivity contribution in [2.75, 3.05) is 18.1 Å². The Hall–Kier alpha value is -0.0900. The van der Waals surface area contributed by atoms with Crippen LogP contribution in [0.1, 0.15) is 64.7 Å². The van der Waals surface area contributed by atoms with E-state index in [0.29, 0.717) is 23.5 Å². The molecular weight excluding hydrogens is 270 g/mol. The van der Waals surface area contributed by atoms with Gasteiger partial charge in [0.25, 0.3) is 0 Å². The van der Waals surface area contributed by atoms with Crippen LogP contribution < -0.4 is 5.32 Å². The van der Waals surface area contributed by atoms with E-state index in [4.69, 9.17) is 0 Å². The molecule has 2 atom stereocenters. The molecule has 0 bridgehead atoms. The van der Waals surface area contributed by atoms with Crippen LogP contribution in [0.25, 0.3) is 0 Å². The lowest BCUT2D eigenvalue weighted by Gasteiger charge is -2.29. The maximum atomic E-state index is 11.6. The normalized spacial score (nSPS) is 29.1. The maximum absolute atomic E-state index is 11.6. The van der Waals surface area contributed by atoms with Crippen molar-refractivity contribution in [1.29, 1.82) is 0 Å². The van der Waals surface area contributed by atoms with Gasteiger partial charge in [-0.1, -0.05) is 32.6 Å². The van der Waals surface area contributed by atoms with Crippen LogP contribution in [0.4, 0.5) is 0 Å². The van der Waals surface area contributed by atoms with Crippen LogP contribution >= 0.6 is 0 Å². The minimum Gasteiger partial charge on any atom is -0.314 e. The molecule has 0 radical (unpaired) electrons. The molecule has 0 aromatic rings. The first-order valence-corrected chi connectivity index (χ1v) is 10.4. The standard InChI is InChI=1S/C16H31NO2S/c1-2-10-17-16(15-7-5-3-4-6-8-15)12-14-9-11-20(18,19)13-14/h14-17H,2-13H2,1H3. The van der Waals surface area contributed by atoms with Crippen LogP contribution in [0, 0.1) is 11.8 Å². The number of nitrogens with one attached hydrogen (secondary N) is 1. The van der Waals surface area contributed by atoms with Gasteiger partial charge in [0.1, 0.15) is 0 Å².